The zero-order valence-corrected chi connectivity index (χ0v) is 47.3. The topological polar surface area (TPSA) is 37.4 Å². The van der Waals surface area contributed by atoms with Crippen LogP contribution in [0.1, 0.15) is 275 Å². The average molecular weight is 931 g/mol. The molecule has 0 aromatic heterocycles. The molecule has 6 nitrogen and oxygen atoms in total. The number of fused-ring (bicyclic) bond motifs is 1. The van der Waals surface area contributed by atoms with Crippen molar-refractivity contribution in [3.05, 3.63) is 47.0 Å². The van der Waals surface area contributed by atoms with Gasteiger partial charge in [-0.3, -0.25) is 14.5 Å². The Bertz CT molecular complexity index is 1830. The van der Waals surface area contributed by atoms with Gasteiger partial charge in [-0.2, -0.15) is 15.2 Å². The van der Waals surface area contributed by atoms with Crippen LogP contribution in [-0.4, -0.2) is 68.2 Å². The molecular formula is C61H107N3O3. The van der Waals surface area contributed by atoms with Gasteiger partial charge in [0.15, 0.2) is 0 Å². The van der Waals surface area contributed by atoms with Crippen LogP contribution in [0.15, 0.2) is 30.3 Å². The van der Waals surface area contributed by atoms with Crippen molar-refractivity contribution >= 4 is 10.8 Å². The van der Waals surface area contributed by atoms with Crippen LogP contribution in [0.25, 0.3) is 10.8 Å². The minimum Gasteiger partial charge on any atom is -0.298 e. The monoisotopic (exact) mass is 930 g/mol. The number of rotatable bonds is 24. The minimum absolute atomic E-state index is 0.0654. The smallest absolute Gasteiger partial charge is 0.0685 e. The van der Waals surface area contributed by atoms with E-state index in [1.54, 1.807) is 11.1 Å². The quantitative estimate of drug-likeness (QED) is 0.0977. The summed E-state index contributed by atoms with van der Waals surface area (Å²) < 4.78 is 0. The molecule has 6 unspecified atom stereocenters. The molecule has 2 aromatic carbocycles. The first-order valence-electron chi connectivity index (χ1n) is 28.3. The number of piperidine rings is 3. The Balaban J connectivity index is 1.60. The maximum atomic E-state index is 6.95. The number of hydrogen-bond acceptors (Lipinski definition) is 6. The molecule has 0 amide bonds. The molecule has 3 fully saturated rings. The van der Waals surface area contributed by atoms with Crippen molar-refractivity contribution in [3.63, 3.8) is 0 Å². The fraction of sp³-hybridized carbons (Fsp3) is 0.836. The van der Waals surface area contributed by atoms with Crippen LogP contribution in [0, 0.1) is 17.8 Å². The zero-order valence-electron chi connectivity index (χ0n) is 47.3. The summed E-state index contributed by atoms with van der Waals surface area (Å²) in [6.45, 7) is 46.1. The number of benzene rings is 2. The molecule has 0 aliphatic carbocycles. The average Bonchev–Trinajstić information content (AvgIpc) is 3.24. The van der Waals surface area contributed by atoms with Crippen LogP contribution in [-0.2, 0) is 14.5 Å². The first kappa shape index (κ1) is 56.4. The van der Waals surface area contributed by atoms with Crippen LogP contribution < -0.4 is 0 Å². The summed E-state index contributed by atoms with van der Waals surface area (Å²) >= 11 is 0. The van der Waals surface area contributed by atoms with E-state index in [-0.39, 0.29) is 33.2 Å². The Labute approximate surface area is 414 Å². The lowest BCUT2D eigenvalue weighted by molar-refractivity contribution is -0.299. The van der Waals surface area contributed by atoms with Gasteiger partial charge in [-0.15, -0.1) is 0 Å². The van der Waals surface area contributed by atoms with E-state index in [2.05, 4.69) is 170 Å². The lowest BCUT2D eigenvalue weighted by atomic mass is 9.64. The van der Waals surface area contributed by atoms with Crippen molar-refractivity contribution < 1.29 is 14.5 Å². The highest BCUT2D eigenvalue weighted by atomic mass is 16.7. The van der Waals surface area contributed by atoms with Crippen LogP contribution in [0.5, 0.6) is 0 Å². The maximum Gasteiger partial charge on any atom is 0.0685 e. The normalized spacial score (nSPS) is 29.5. The molecule has 6 heteroatoms. The van der Waals surface area contributed by atoms with Crippen molar-refractivity contribution in [3.8, 4) is 0 Å². The molecule has 2 aromatic rings. The lowest BCUT2D eigenvalue weighted by Crippen LogP contribution is -2.64. The van der Waals surface area contributed by atoms with E-state index in [0.717, 1.165) is 77.6 Å². The molecule has 0 N–H and O–H groups in total. The lowest BCUT2D eigenvalue weighted by Gasteiger charge is -2.58. The standard InChI is InChI=1S/C61H107N3O3/c1-19-22-25-28-33-65-62-56(10,11)39-51(42-59(62,16)45(4)5)48-31-32-49-37-54(52-40-57(12,13)63(60(17,43-52)46(6)7)66-34-29-26-23-20-2)55(38-50(49)36-48)53-41-58(14,15)64(61(18,44-53)47(8)9)67-35-30-27-24-21-3/h31-32,36-38,45-47,51-53H,19-30,33-35,39-44H2,1-18H3. The summed E-state index contributed by atoms with van der Waals surface area (Å²) in [7, 11) is 0. The van der Waals surface area contributed by atoms with E-state index in [1.165, 1.54) is 74.1 Å². The highest BCUT2D eigenvalue weighted by Gasteiger charge is 2.55. The largest absolute Gasteiger partial charge is 0.298 e. The van der Waals surface area contributed by atoms with Gasteiger partial charge in [0.1, 0.15) is 0 Å². The first-order valence-corrected chi connectivity index (χ1v) is 28.3. The van der Waals surface area contributed by atoms with Crippen molar-refractivity contribution in [2.24, 2.45) is 17.8 Å². The second kappa shape index (κ2) is 23.3. The number of hydroxylamine groups is 6. The van der Waals surface area contributed by atoms with E-state index >= 15 is 0 Å². The molecule has 0 saturated carbocycles. The molecular weight excluding hydrogens is 823 g/mol. The molecule has 6 atom stereocenters. The van der Waals surface area contributed by atoms with Crippen molar-refractivity contribution in [2.45, 2.75) is 291 Å². The second-order valence-electron chi connectivity index (χ2n) is 25.9. The highest BCUT2D eigenvalue weighted by molar-refractivity contribution is 5.85. The third-order valence-corrected chi connectivity index (χ3v) is 18.1. The summed E-state index contributed by atoms with van der Waals surface area (Å²) in [4.78, 5) is 20.7. The molecule has 384 valence electrons. The van der Waals surface area contributed by atoms with Crippen LogP contribution in [0.4, 0.5) is 0 Å². The van der Waals surface area contributed by atoms with Gasteiger partial charge >= 0.3 is 0 Å². The Hall–Kier alpha value is -1.54. The predicted molar refractivity (Wildman–Crippen MR) is 288 cm³/mol. The number of unbranched alkanes of at least 4 members (excludes halogenated alkanes) is 9. The van der Waals surface area contributed by atoms with Gasteiger partial charge in [-0.1, -0.05) is 150 Å². The molecule has 3 saturated heterocycles. The minimum atomic E-state index is -0.125. The van der Waals surface area contributed by atoms with Gasteiger partial charge in [0.05, 0.1) is 19.8 Å². The molecule has 3 heterocycles. The molecule has 67 heavy (non-hydrogen) atoms. The van der Waals surface area contributed by atoms with Crippen LogP contribution >= 0.6 is 0 Å². The van der Waals surface area contributed by atoms with Crippen molar-refractivity contribution in [1.82, 2.24) is 15.2 Å². The summed E-state index contributed by atoms with van der Waals surface area (Å²) in [5.74, 6) is 2.62. The maximum absolute atomic E-state index is 6.95. The fourth-order valence-corrected chi connectivity index (χ4v) is 13.5. The number of hydrogen-bond donors (Lipinski definition) is 0. The summed E-state index contributed by atoms with van der Waals surface area (Å²) in [6, 6.07) is 13.0. The molecule has 0 bridgehead atoms. The van der Waals surface area contributed by atoms with E-state index in [0.29, 0.717) is 35.5 Å². The third kappa shape index (κ3) is 12.7. The molecule has 0 spiro atoms. The predicted octanol–water partition coefficient (Wildman–Crippen LogP) is 17.5. The highest BCUT2D eigenvalue weighted by Crippen LogP contribution is 2.55. The fourth-order valence-electron chi connectivity index (χ4n) is 13.5. The van der Waals surface area contributed by atoms with Gasteiger partial charge in [-0.05, 0) is 183 Å². The Morgan fingerprint density at radius 1 is 0.418 bits per heavy atom. The van der Waals surface area contributed by atoms with Crippen LogP contribution in [0.2, 0.25) is 0 Å². The van der Waals surface area contributed by atoms with Gasteiger partial charge in [0, 0.05) is 33.2 Å². The van der Waals surface area contributed by atoms with Gasteiger partial charge in [0.25, 0.3) is 0 Å². The third-order valence-electron chi connectivity index (χ3n) is 18.1. The van der Waals surface area contributed by atoms with Crippen molar-refractivity contribution in [2.75, 3.05) is 19.8 Å². The first-order chi connectivity index (χ1) is 31.4. The van der Waals surface area contributed by atoms with Gasteiger partial charge < -0.3 is 0 Å². The second-order valence-corrected chi connectivity index (χ2v) is 25.9. The number of nitrogens with zero attached hydrogens (tertiary/aromatic N) is 3. The molecule has 3 aliphatic rings. The Kier molecular flexibility index (Phi) is 19.6. The van der Waals surface area contributed by atoms with E-state index < -0.39 is 0 Å². The molecule has 5 rings (SSSR count). The van der Waals surface area contributed by atoms with E-state index in [1.807, 2.05) is 0 Å². The van der Waals surface area contributed by atoms with Gasteiger partial charge in [-0.25, -0.2) is 0 Å². The van der Waals surface area contributed by atoms with Crippen LogP contribution in [0.3, 0.4) is 0 Å². The summed E-state index contributed by atoms with van der Waals surface area (Å²) in [5, 5.41) is 10.2. The van der Waals surface area contributed by atoms with E-state index in [9.17, 15) is 0 Å². The molecule has 3 aliphatic heterocycles. The Morgan fingerprint density at radius 3 is 1.09 bits per heavy atom. The van der Waals surface area contributed by atoms with Gasteiger partial charge in [0.2, 0.25) is 0 Å². The van der Waals surface area contributed by atoms with Crippen molar-refractivity contribution in [1.29, 1.82) is 0 Å². The summed E-state index contributed by atoms with van der Waals surface area (Å²) in [5.41, 5.74) is 4.07. The summed E-state index contributed by atoms with van der Waals surface area (Å²) in [6.07, 6.45) is 21.2. The zero-order chi connectivity index (χ0) is 49.6. The SMILES string of the molecule is CCCCCCON1C(C)(C)CC(c2ccc3cc(C4CC(C)(C)N(OCCCCCC)C(C)(C(C)C)C4)c(C4CC(C)(C)N(OCCCCCC)C(C)(C(C)C)C4)cc3c2)CC1(C)C(C)C. The molecule has 0 radical (unpaired) electrons. The van der Waals surface area contributed by atoms with E-state index in [4.69, 9.17) is 14.5 Å². The Morgan fingerprint density at radius 2 is 0.746 bits per heavy atom.